The molecule has 0 aromatic carbocycles. The van der Waals surface area contributed by atoms with Crippen molar-refractivity contribution in [2.45, 2.75) is 39.2 Å². The number of nitrogens with two attached hydrogens (primary N) is 1. The molecule has 2 atom stereocenters. The van der Waals surface area contributed by atoms with Crippen molar-refractivity contribution in [3.05, 3.63) is 0 Å². The van der Waals surface area contributed by atoms with E-state index in [1.165, 1.54) is 0 Å². The first kappa shape index (κ1) is 16.6. The van der Waals surface area contributed by atoms with E-state index in [9.17, 15) is 14.4 Å². The molecule has 7 heteroatoms. The fourth-order valence-electron chi connectivity index (χ4n) is 2.92. The molecule has 0 aromatic heterocycles. The van der Waals surface area contributed by atoms with Gasteiger partial charge in [-0.05, 0) is 33.1 Å². The molecule has 0 aliphatic carbocycles. The van der Waals surface area contributed by atoms with Crippen LogP contribution in [0.5, 0.6) is 0 Å². The number of likely N-dealkylation sites (tertiary alicyclic amines) is 2. The minimum Gasteiger partial charge on any atom is -0.444 e. The molecule has 2 aliphatic rings. The summed E-state index contributed by atoms with van der Waals surface area (Å²) >= 11 is 0. The third kappa shape index (κ3) is 4.11. The van der Waals surface area contributed by atoms with Crippen LogP contribution in [0.25, 0.3) is 0 Å². The third-order valence-electron chi connectivity index (χ3n) is 4.03. The summed E-state index contributed by atoms with van der Waals surface area (Å²) in [4.78, 5) is 38.5. The van der Waals surface area contributed by atoms with Crippen molar-refractivity contribution in [1.29, 1.82) is 0 Å². The predicted octanol–water partition coefficient (Wildman–Crippen LogP) is 0.577. The minimum atomic E-state index is -0.505. The number of hydrogen-bond acceptors (Lipinski definition) is 4. The Morgan fingerprint density at radius 2 is 2.00 bits per heavy atom. The van der Waals surface area contributed by atoms with Gasteiger partial charge in [-0.3, -0.25) is 9.59 Å². The molecule has 0 saturated carbocycles. The smallest absolute Gasteiger partial charge is 0.410 e. The van der Waals surface area contributed by atoms with Gasteiger partial charge in [-0.25, -0.2) is 4.79 Å². The van der Waals surface area contributed by atoms with Crippen LogP contribution in [0.4, 0.5) is 4.79 Å². The summed E-state index contributed by atoms with van der Waals surface area (Å²) in [7, 11) is 0. The van der Waals surface area contributed by atoms with E-state index in [2.05, 4.69) is 0 Å². The van der Waals surface area contributed by atoms with Crippen molar-refractivity contribution in [1.82, 2.24) is 9.80 Å². The highest BCUT2D eigenvalue weighted by Crippen LogP contribution is 2.24. The van der Waals surface area contributed by atoms with E-state index in [1.54, 1.807) is 9.80 Å². The monoisotopic (exact) mass is 311 g/mol. The van der Waals surface area contributed by atoms with Crippen molar-refractivity contribution in [2.75, 3.05) is 26.2 Å². The van der Waals surface area contributed by atoms with Crippen molar-refractivity contribution < 1.29 is 19.1 Å². The van der Waals surface area contributed by atoms with Crippen molar-refractivity contribution in [3.63, 3.8) is 0 Å². The summed E-state index contributed by atoms with van der Waals surface area (Å²) in [6, 6.07) is 0. The number of carbonyl (C=O) groups excluding carboxylic acids is 3. The first-order valence-electron chi connectivity index (χ1n) is 7.70. The van der Waals surface area contributed by atoms with Crippen LogP contribution in [0.15, 0.2) is 0 Å². The number of primary amides is 1. The van der Waals surface area contributed by atoms with E-state index in [-0.39, 0.29) is 30.3 Å². The SMILES string of the molecule is CC(C)(C)OC(=O)N1CC[C@H](CN2CC(C(N)=O)CC2=O)C1. The summed E-state index contributed by atoms with van der Waals surface area (Å²) in [5.74, 6) is -0.601. The summed E-state index contributed by atoms with van der Waals surface area (Å²) in [6.07, 6.45) is 0.736. The Labute approximate surface area is 130 Å². The van der Waals surface area contributed by atoms with E-state index in [0.29, 0.717) is 26.2 Å². The zero-order valence-corrected chi connectivity index (χ0v) is 13.5. The Hall–Kier alpha value is -1.79. The molecule has 0 bridgehead atoms. The molecule has 0 aromatic rings. The molecular weight excluding hydrogens is 286 g/mol. The van der Waals surface area contributed by atoms with Crippen LogP contribution in [0.2, 0.25) is 0 Å². The first-order chi connectivity index (χ1) is 10.2. The van der Waals surface area contributed by atoms with Gasteiger partial charge in [-0.2, -0.15) is 0 Å². The number of amides is 3. The fourth-order valence-corrected chi connectivity index (χ4v) is 2.92. The zero-order chi connectivity index (χ0) is 16.5. The second-order valence-electron chi connectivity index (χ2n) is 7.18. The topological polar surface area (TPSA) is 92.9 Å². The summed E-state index contributed by atoms with van der Waals surface area (Å²) in [5, 5.41) is 0. The van der Waals surface area contributed by atoms with Gasteiger partial charge in [-0.1, -0.05) is 0 Å². The Kier molecular flexibility index (Phi) is 4.63. The highest BCUT2D eigenvalue weighted by atomic mass is 16.6. The van der Waals surface area contributed by atoms with Gasteiger partial charge < -0.3 is 20.3 Å². The maximum atomic E-state index is 12.0. The lowest BCUT2D eigenvalue weighted by molar-refractivity contribution is -0.128. The van der Waals surface area contributed by atoms with E-state index in [0.717, 1.165) is 6.42 Å². The van der Waals surface area contributed by atoms with Gasteiger partial charge in [0.25, 0.3) is 0 Å². The molecule has 3 amide bonds. The van der Waals surface area contributed by atoms with Crippen LogP contribution in [-0.4, -0.2) is 59.5 Å². The number of nitrogens with zero attached hydrogens (tertiary/aromatic N) is 2. The average molecular weight is 311 g/mol. The van der Waals surface area contributed by atoms with Crippen molar-refractivity contribution in [3.8, 4) is 0 Å². The summed E-state index contributed by atoms with van der Waals surface area (Å²) < 4.78 is 5.35. The molecule has 1 unspecified atom stereocenters. The second-order valence-corrected chi connectivity index (χ2v) is 7.18. The van der Waals surface area contributed by atoms with Crippen LogP contribution in [0.1, 0.15) is 33.6 Å². The molecule has 2 heterocycles. The molecule has 2 fully saturated rings. The lowest BCUT2D eigenvalue weighted by atomic mass is 10.1. The fraction of sp³-hybridized carbons (Fsp3) is 0.800. The van der Waals surface area contributed by atoms with Gasteiger partial charge in [0, 0.05) is 32.6 Å². The van der Waals surface area contributed by atoms with E-state index >= 15 is 0 Å². The van der Waals surface area contributed by atoms with E-state index < -0.39 is 11.5 Å². The number of carbonyl (C=O) groups is 3. The molecule has 2 N–H and O–H groups in total. The van der Waals surface area contributed by atoms with Gasteiger partial charge in [0.1, 0.15) is 5.60 Å². The van der Waals surface area contributed by atoms with Crippen molar-refractivity contribution in [2.24, 2.45) is 17.6 Å². The Morgan fingerprint density at radius 1 is 1.32 bits per heavy atom. The molecule has 0 spiro atoms. The van der Waals surface area contributed by atoms with Crippen molar-refractivity contribution >= 4 is 17.9 Å². The Morgan fingerprint density at radius 3 is 2.55 bits per heavy atom. The van der Waals surface area contributed by atoms with E-state index in [1.807, 2.05) is 20.8 Å². The standard InChI is InChI=1S/C15H25N3O4/c1-15(2,3)22-14(21)17-5-4-10(7-17)8-18-9-11(13(16)20)6-12(18)19/h10-11H,4-9H2,1-3H3,(H2,16,20)/t10-,11?/m0/s1. The zero-order valence-electron chi connectivity index (χ0n) is 13.5. The maximum Gasteiger partial charge on any atom is 0.410 e. The van der Waals surface area contributed by atoms with Crippen LogP contribution in [0, 0.1) is 11.8 Å². The second kappa shape index (κ2) is 6.14. The molecular formula is C15H25N3O4. The lowest BCUT2D eigenvalue weighted by Gasteiger charge is -2.25. The minimum absolute atomic E-state index is 0.0282. The number of ether oxygens (including phenoxy) is 1. The molecule has 0 radical (unpaired) electrons. The highest BCUT2D eigenvalue weighted by molar-refractivity contribution is 5.88. The van der Waals surface area contributed by atoms with Crippen LogP contribution < -0.4 is 5.73 Å². The van der Waals surface area contributed by atoms with E-state index in [4.69, 9.17) is 10.5 Å². The Balaban J connectivity index is 1.83. The first-order valence-corrected chi connectivity index (χ1v) is 7.70. The van der Waals surface area contributed by atoms with Gasteiger partial charge in [0.05, 0.1) is 5.92 Å². The van der Waals surface area contributed by atoms with Crippen LogP contribution >= 0.6 is 0 Å². The van der Waals surface area contributed by atoms with Gasteiger partial charge >= 0.3 is 6.09 Å². The molecule has 22 heavy (non-hydrogen) atoms. The molecule has 7 nitrogen and oxygen atoms in total. The average Bonchev–Trinajstić information content (AvgIpc) is 2.96. The normalized spacial score (nSPS) is 25.7. The van der Waals surface area contributed by atoms with Gasteiger partial charge in [0.2, 0.25) is 11.8 Å². The summed E-state index contributed by atoms with van der Waals surface area (Å²) in [5.41, 5.74) is 4.76. The maximum absolute atomic E-state index is 12.0. The molecule has 2 saturated heterocycles. The van der Waals surface area contributed by atoms with Crippen LogP contribution in [-0.2, 0) is 14.3 Å². The quantitative estimate of drug-likeness (QED) is 0.825. The largest absolute Gasteiger partial charge is 0.444 e. The highest BCUT2D eigenvalue weighted by Gasteiger charge is 2.36. The third-order valence-corrected chi connectivity index (χ3v) is 4.03. The van der Waals surface area contributed by atoms with Gasteiger partial charge in [-0.15, -0.1) is 0 Å². The summed E-state index contributed by atoms with van der Waals surface area (Å²) in [6.45, 7) is 7.71. The molecule has 2 aliphatic heterocycles. The number of hydrogen-bond donors (Lipinski definition) is 1. The predicted molar refractivity (Wildman–Crippen MR) is 79.8 cm³/mol. The van der Waals surface area contributed by atoms with Gasteiger partial charge in [0.15, 0.2) is 0 Å². The number of rotatable bonds is 3. The molecule has 124 valence electrons. The Bertz CT molecular complexity index is 472. The molecule has 2 rings (SSSR count). The lowest BCUT2D eigenvalue weighted by Crippen LogP contribution is -2.37. The van der Waals surface area contributed by atoms with Crippen LogP contribution in [0.3, 0.4) is 0 Å².